The first-order chi connectivity index (χ1) is 13.9. The number of piperazine rings is 1. The molecule has 0 N–H and O–H groups in total. The molecule has 154 valence electrons. The van der Waals surface area contributed by atoms with E-state index in [9.17, 15) is 8.42 Å². The highest BCUT2D eigenvalue weighted by Gasteiger charge is 2.31. The molecule has 1 saturated heterocycles. The molecular formula is C20H20Cl2N2O3S2. The Labute approximate surface area is 184 Å². The van der Waals surface area contributed by atoms with Crippen molar-refractivity contribution in [2.75, 3.05) is 33.3 Å². The number of hydrogen-bond donors (Lipinski definition) is 0. The zero-order chi connectivity index (χ0) is 20.6. The van der Waals surface area contributed by atoms with Crippen LogP contribution in [0.2, 0.25) is 8.67 Å². The van der Waals surface area contributed by atoms with E-state index in [1.807, 2.05) is 18.2 Å². The van der Waals surface area contributed by atoms with Gasteiger partial charge in [-0.1, -0.05) is 53.5 Å². The van der Waals surface area contributed by atoms with Gasteiger partial charge < -0.3 is 4.74 Å². The van der Waals surface area contributed by atoms with Gasteiger partial charge in [0.05, 0.1) is 11.4 Å². The maximum Gasteiger partial charge on any atom is 0.245 e. The van der Waals surface area contributed by atoms with E-state index in [1.165, 1.54) is 10.4 Å². The van der Waals surface area contributed by atoms with E-state index < -0.39 is 10.0 Å². The first-order valence-electron chi connectivity index (χ1n) is 9.12. The Morgan fingerprint density at radius 3 is 2.45 bits per heavy atom. The van der Waals surface area contributed by atoms with Crippen LogP contribution in [0.4, 0.5) is 0 Å². The van der Waals surface area contributed by atoms with Crippen molar-refractivity contribution < 1.29 is 13.2 Å². The molecule has 2 aromatic carbocycles. The van der Waals surface area contributed by atoms with Gasteiger partial charge in [0.1, 0.15) is 15.0 Å². The van der Waals surface area contributed by atoms with Crippen LogP contribution in [0.1, 0.15) is 5.56 Å². The summed E-state index contributed by atoms with van der Waals surface area (Å²) in [5, 5.41) is 2.31. The number of nitrogens with zero attached hydrogens (tertiary/aromatic N) is 2. The molecular weight excluding hydrogens is 451 g/mol. The monoisotopic (exact) mass is 470 g/mol. The molecule has 0 spiro atoms. The van der Waals surface area contributed by atoms with E-state index >= 15 is 0 Å². The Balaban J connectivity index is 1.51. The van der Waals surface area contributed by atoms with Gasteiger partial charge in [0, 0.05) is 38.3 Å². The lowest BCUT2D eigenvalue weighted by Crippen LogP contribution is -2.48. The molecule has 29 heavy (non-hydrogen) atoms. The number of thiophene rings is 1. The van der Waals surface area contributed by atoms with E-state index in [0.29, 0.717) is 37.1 Å². The Hall–Kier alpha value is -1.35. The number of ether oxygens (including phenoxy) is 1. The van der Waals surface area contributed by atoms with Crippen LogP contribution in [0.25, 0.3) is 10.8 Å². The highest BCUT2D eigenvalue weighted by atomic mass is 35.5. The first kappa shape index (κ1) is 20.9. The summed E-state index contributed by atoms with van der Waals surface area (Å²) in [6, 6.07) is 13.7. The minimum Gasteiger partial charge on any atom is -0.496 e. The van der Waals surface area contributed by atoms with Crippen LogP contribution in [-0.2, 0) is 16.6 Å². The van der Waals surface area contributed by atoms with Gasteiger partial charge in [0.2, 0.25) is 10.0 Å². The molecule has 1 aliphatic heterocycles. The van der Waals surface area contributed by atoms with Crippen LogP contribution in [-0.4, -0.2) is 50.9 Å². The minimum absolute atomic E-state index is 0.0957. The number of methoxy groups -OCH3 is 1. The lowest BCUT2D eigenvalue weighted by atomic mass is 10.0. The molecule has 0 bridgehead atoms. The third-order valence-electron chi connectivity index (χ3n) is 5.17. The fourth-order valence-corrected chi connectivity index (χ4v) is 7.20. The molecule has 0 amide bonds. The fourth-order valence-electron chi connectivity index (χ4n) is 3.66. The smallest absolute Gasteiger partial charge is 0.245 e. The predicted molar refractivity (Wildman–Crippen MR) is 119 cm³/mol. The minimum atomic E-state index is -3.64. The van der Waals surface area contributed by atoms with Crippen molar-refractivity contribution in [3.05, 3.63) is 56.7 Å². The lowest BCUT2D eigenvalue weighted by molar-refractivity contribution is 0.180. The molecule has 2 heterocycles. The highest BCUT2D eigenvalue weighted by molar-refractivity contribution is 7.89. The van der Waals surface area contributed by atoms with Crippen LogP contribution in [0.5, 0.6) is 5.75 Å². The van der Waals surface area contributed by atoms with Crippen molar-refractivity contribution in [3.63, 3.8) is 0 Å². The summed E-state index contributed by atoms with van der Waals surface area (Å²) in [6.45, 7) is 2.75. The summed E-state index contributed by atoms with van der Waals surface area (Å²) < 4.78 is 33.5. The molecule has 3 aromatic rings. The second-order valence-electron chi connectivity index (χ2n) is 6.84. The summed E-state index contributed by atoms with van der Waals surface area (Å²) in [5.74, 6) is 0.846. The Morgan fingerprint density at radius 2 is 1.79 bits per heavy atom. The molecule has 5 nitrogen and oxygen atoms in total. The number of benzene rings is 2. The molecule has 0 saturated carbocycles. The largest absolute Gasteiger partial charge is 0.496 e. The Bertz CT molecular complexity index is 1140. The maximum absolute atomic E-state index is 12.9. The average Bonchev–Trinajstić information content (AvgIpc) is 3.07. The quantitative estimate of drug-likeness (QED) is 0.540. The normalized spacial score (nSPS) is 16.4. The third-order valence-corrected chi connectivity index (χ3v) is 8.83. The Kier molecular flexibility index (Phi) is 6.06. The van der Waals surface area contributed by atoms with Gasteiger partial charge in [-0.05, 0) is 22.9 Å². The van der Waals surface area contributed by atoms with Crippen molar-refractivity contribution in [1.29, 1.82) is 0 Å². The van der Waals surface area contributed by atoms with E-state index in [0.717, 1.165) is 33.4 Å². The second kappa shape index (κ2) is 8.41. The van der Waals surface area contributed by atoms with Gasteiger partial charge in [-0.3, -0.25) is 4.90 Å². The fraction of sp³-hybridized carbons (Fsp3) is 0.300. The average molecular weight is 471 g/mol. The van der Waals surface area contributed by atoms with Crippen LogP contribution in [0.3, 0.4) is 0 Å². The summed E-state index contributed by atoms with van der Waals surface area (Å²) in [5.41, 5.74) is 1.12. The van der Waals surface area contributed by atoms with Gasteiger partial charge in [-0.2, -0.15) is 4.31 Å². The molecule has 9 heteroatoms. The molecule has 1 aliphatic rings. The Morgan fingerprint density at radius 1 is 1.07 bits per heavy atom. The van der Waals surface area contributed by atoms with E-state index in [-0.39, 0.29) is 9.23 Å². The van der Waals surface area contributed by atoms with Crippen LogP contribution < -0.4 is 4.74 Å². The van der Waals surface area contributed by atoms with Crippen molar-refractivity contribution in [2.45, 2.75) is 11.4 Å². The van der Waals surface area contributed by atoms with Crippen molar-refractivity contribution in [2.24, 2.45) is 0 Å². The van der Waals surface area contributed by atoms with Gasteiger partial charge in [0.25, 0.3) is 0 Å². The van der Waals surface area contributed by atoms with E-state index in [4.69, 9.17) is 27.9 Å². The third kappa shape index (κ3) is 4.13. The molecule has 0 unspecified atom stereocenters. The highest BCUT2D eigenvalue weighted by Crippen LogP contribution is 2.36. The molecule has 1 aromatic heterocycles. The summed E-state index contributed by atoms with van der Waals surface area (Å²) in [7, 11) is -1.97. The molecule has 0 atom stereocenters. The van der Waals surface area contributed by atoms with Gasteiger partial charge in [-0.15, -0.1) is 11.3 Å². The number of halogens is 2. The SMILES string of the molecule is COc1ccc2ccccc2c1CN1CCN(S(=O)(=O)c2cc(Cl)sc2Cl)CC1. The van der Waals surface area contributed by atoms with Gasteiger partial charge in [0.15, 0.2) is 0 Å². The van der Waals surface area contributed by atoms with Crippen LogP contribution in [0.15, 0.2) is 47.4 Å². The topological polar surface area (TPSA) is 49.9 Å². The summed E-state index contributed by atoms with van der Waals surface area (Å²) >= 11 is 13.1. The number of fused-ring (bicyclic) bond motifs is 1. The summed E-state index contributed by atoms with van der Waals surface area (Å²) in [4.78, 5) is 2.34. The van der Waals surface area contributed by atoms with E-state index in [1.54, 1.807) is 7.11 Å². The van der Waals surface area contributed by atoms with Gasteiger partial charge in [-0.25, -0.2) is 8.42 Å². The number of rotatable bonds is 5. The van der Waals surface area contributed by atoms with Crippen LogP contribution >= 0.6 is 34.5 Å². The standard InChI is InChI=1S/C20H20Cl2N2O3S2/c1-27-17-7-6-14-4-2-3-5-15(14)16(17)13-23-8-10-24(11-9-23)29(25,26)18-12-19(21)28-20(18)22/h2-7,12H,8-11,13H2,1H3. The number of sulfonamides is 1. The molecule has 0 radical (unpaired) electrons. The maximum atomic E-state index is 12.9. The van der Waals surface area contributed by atoms with Crippen LogP contribution in [0, 0.1) is 0 Å². The molecule has 4 rings (SSSR count). The molecule has 1 fully saturated rings. The predicted octanol–water partition coefficient (Wildman–Crippen LogP) is 4.72. The zero-order valence-electron chi connectivity index (χ0n) is 15.8. The zero-order valence-corrected chi connectivity index (χ0v) is 18.9. The van der Waals surface area contributed by atoms with Crippen molar-refractivity contribution in [1.82, 2.24) is 9.21 Å². The lowest BCUT2D eigenvalue weighted by Gasteiger charge is -2.34. The second-order valence-corrected chi connectivity index (χ2v) is 11.0. The van der Waals surface area contributed by atoms with Crippen molar-refractivity contribution in [3.8, 4) is 5.75 Å². The van der Waals surface area contributed by atoms with E-state index in [2.05, 4.69) is 23.1 Å². The summed E-state index contributed by atoms with van der Waals surface area (Å²) in [6.07, 6.45) is 0. The number of hydrogen-bond acceptors (Lipinski definition) is 5. The molecule has 0 aliphatic carbocycles. The first-order valence-corrected chi connectivity index (χ1v) is 12.1. The van der Waals surface area contributed by atoms with Crippen molar-refractivity contribution >= 4 is 55.3 Å². The van der Waals surface area contributed by atoms with Gasteiger partial charge >= 0.3 is 0 Å².